The lowest BCUT2D eigenvalue weighted by atomic mass is 9.95. The van der Waals surface area contributed by atoms with Crippen molar-refractivity contribution in [1.29, 1.82) is 0 Å². The van der Waals surface area contributed by atoms with Crippen molar-refractivity contribution < 1.29 is 9.59 Å². The second-order valence-corrected chi connectivity index (χ2v) is 9.62. The normalized spacial score (nSPS) is 19.0. The van der Waals surface area contributed by atoms with E-state index in [0.29, 0.717) is 25.4 Å². The average molecular weight is 449 g/mol. The Bertz CT molecular complexity index is 946. The maximum Gasteiger partial charge on any atom is 0.224 e. The number of amides is 2. The average Bonchev–Trinajstić information content (AvgIpc) is 3.33. The molecule has 1 N–H and O–H groups in total. The molecule has 6 nitrogen and oxygen atoms in total. The van der Waals surface area contributed by atoms with E-state index in [0.717, 1.165) is 61.4 Å². The van der Waals surface area contributed by atoms with Gasteiger partial charge in [0.1, 0.15) is 5.82 Å². The molecule has 1 aromatic heterocycles. The Balaban J connectivity index is 1.36. The molecule has 6 heteroatoms. The molecule has 4 rings (SSSR count). The topological polar surface area (TPSA) is 75.2 Å². The Morgan fingerprint density at radius 1 is 1.00 bits per heavy atom. The van der Waals surface area contributed by atoms with E-state index in [9.17, 15) is 9.59 Å². The van der Waals surface area contributed by atoms with Gasteiger partial charge < -0.3 is 10.2 Å². The van der Waals surface area contributed by atoms with Gasteiger partial charge in [-0.15, -0.1) is 0 Å². The van der Waals surface area contributed by atoms with E-state index in [1.807, 2.05) is 36.9 Å². The molecule has 0 radical (unpaired) electrons. The lowest BCUT2D eigenvalue weighted by molar-refractivity contribution is -0.132. The number of likely N-dealkylation sites (tertiary alicyclic amines) is 1. The zero-order valence-corrected chi connectivity index (χ0v) is 20.0. The van der Waals surface area contributed by atoms with E-state index in [2.05, 4.69) is 17.4 Å². The van der Waals surface area contributed by atoms with Gasteiger partial charge in [0.2, 0.25) is 11.8 Å². The molecule has 1 saturated heterocycles. The van der Waals surface area contributed by atoms with Gasteiger partial charge in [0, 0.05) is 48.4 Å². The minimum Gasteiger partial charge on any atom is -0.353 e. The number of aromatic nitrogens is 2. The standard InChI is InChI=1S/C27H36N4O2/c1-19-24(17-25(32)30-23-12-6-7-13-23)20(2)29-27(28-19)22-11-8-16-31(18-22)26(33)15-14-21-9-4-3-5-10-21/h3-5,9-10,22-23H,6-8,11-18H2,1-2H3,(H,30,32)/t22-/m0/s1. The van der Waals surface area contributed by atoms with Crippen LogP contribution in [0.2, 0.25) is 0 Å². The van der Waals surface area contributed by atoms with Gasteiger partial charge in [-0.2, -0.15) is 0 Å². The van der Waals surface area contributed by atoms with E-state index in [1.54, 1.807) is 0 Å². The lowest BCUT2D eigenvalue weighted by Crippen LogP contribution is -2.39. The lowest BCUT2D eigenvalue weighted by Gasteiger charge is -2.32. The van der Waals surface area contributed by atoms with Crippen LogP contribution in [0.25, 0.3) is 0 Å². The van der Waals surface area contributed by atoms with Crippen molar-refractivity contribution in [1.82, 2.24) is 20.2 Å². The zero-order chi connectivity index (χ0) is 23.2. The number of nitrogens with zero attached hydrogens (tertiary/aromatic N) is 3. The molecule has 0 bridgehead atoms. The smallest absolute Gasteiger partial charge is 0.224 e. The summed E-state index contributed by atoms with van der Waals surface area (Å²) in [7, 11) is 0. The van der Waals surface area contributed by atoms with Gasteiger partial charge in [-0.1, -0.05) is 43.2 Å². The highest BCUT2D eigenvalue weighted by molar-refractivity contribution is 5.79. The second kappa shape index (κ2) is 10.9. The fourth-order valence-corrected chi connectivity index (χ4v) is 5.18. The van der Waals surface area contributed by atoms with E-state index < -0.39 is 0 Å². The maximum atomic E-state index is 12.8. The Morgan fingerprint density at radius 2 is 1.70 bits per heavy atom. The van der Waals surface area contributed by atoms with E-state index in [4.69, 9.17) is 9.97 Å². The molecule has 2 aromatic rings. The third kappa shape index (κ3) is 6.18. The first-order chi connectivity index (χ1) is 16.0. The number of carbonyl (C=O) groups excluding carboxylic acids is 2. The summed E-state index contributed by atoms with van der Waals surface area (Å²) in [5.41, 5.74) is 3.89. The predicted octanol–water partition coefficient (Wildman–Crippen LogP) is 4.03. The summed E-state index contributed by atoms with van der Waals surface area (Å²) in [5.74, 6) is 1.23. The molecule has 2 heterocycles. The molecule has 1 aromatic carbocycles. The zero-order valence-electron chi connectivity index (χ0n) is 20.0. The van der Waals surface area contributed by atoms with Crippen LogP contribution in [0.3, 0.4) is 0 Å². The van der Waals surface area contributed by atoms with E-state index in [-0.39, 0.29) is 17.7 Å². The molecule has 2 fully saturated rings. The van der Waals surface area contributed by atoms with Crippen molar-refractivity contribution in [2.75, 3.05) is 13.1 Å². The maximum absolute atomic E-state index is 12.8. The first-order valence-electron chi connectivity index (χ1n) is 12.4. The monoisotopic (exact) mass is 448 g/mol. The highest BCUT2D eigenvalue weighted by Crippen LogP contribution is 2.27. The summed E-state index contributed by atoms with van der Waals surface area (Å²) in [5, 5.41) is 3.16. The van der Waals surface area contributed by atoms with Crippen LogP contribution in [-0.2, 0) is 22.4 Å². The highest BCUT2D eigenvalue weighted by Gasteiger charge is 2.27. The van der Waals surface area contributed by atoms with Crippen molar-refractivity contribution in [2.45, 2.75) is 83.6 Å². The third-order valence-electron chi connectivity index (χ3n) is 7.11. The second-order valence-electron chi connectivity index (χ2n) is 9.62. The van der Waals surface area contributed by atoms with Crippen molar-refractivity contribution in [3.05, 3.63) is 58.7 Å². The van der Waals surface area contributed by atoms with Gasteiger partial charge in [-0.05, 0) is 51.5 Å². The van der Waals surface area contributed by atoms with Crippen LogP contribution in [0.15, 0.2) is 30.3 Å². The van der Waals surface area contributed by atoms with Crippen LogP contribution in [0.1, 0.15) is 79.2 Å². The number of piperidine rings is 1. The molecule has 176 valence electrons. The summed E-state index contributed by atoms with van der Waals surface area (Å²) in [6.45, 7) is 5.43. The van der Waals surface area contributed by atoms with Crippen molar-refractivity contribution >= 4 is 11.8 Å². The number of hydrogen-bond acceptors (Lipinski definition) is 4. The first kappa shape index (κ1) is 23.4. The molecule has 0 unspecified atom stereocenters. The van der Waals surface area contributed by atoms with E-state index in [1.165, 1.54) is 18.4 Å². The Morgan fingerprint density at radius 3 is 2.39 bits per heavy atom. The number of aryl methyl sites for hydroxylation is 3. The molecular formula is C27H36N4O2. The van der Waals surface area contributed by atoms with Gasteiger partial charge in [-0.25, -0.2) is 9.97 Å². The number of benzene rings is 1. The van der Waals surface area contributed by atoms with Gasteiger partial charge >= 0.3 is 0 Å². The van der Waals surface area contributed by atoms with Gasteiger partial charge in [0.05, 0.1) is 6.42 Å². The van der Waals surface area contributed by atoms with Crippen molar-refractivity contribution in [3.63, 3.8) is 0 Å². The minimum absolute atomic E-state index is 0.0669. The summed E-state index contributed by atoms with van der Waals surface area (Å²) in [6, 6.07) is 10.5. The van der Waals surface area contributed by atoms with Crippen molar-refractivity contribution in [2.24, 2.45) is 0 Å². The summed E-state index contributed by atoms with van der Waals surface area (Å²) in [6.07, 6.45) is 8.17. The number of carbonyl (C=O) groups is 2. The van der Waals surface area contributed by atoms with Crippen LogP contribution in [-0.4, -0.2) is 45.8 Å². The van der Waals surface area contributed by atoms with Gasteiger partial charge in [0.25, 0.3) is 0 Å². The number of hydrogen-bond donors (Lipinski definition) is 1. The van der Waals surface area contributed by atoms with E-state index >= 15 is 0 Å². The van der Waals surface area contributed by atoms with Gasteiger partial charge in [0.15, 0.2) is 0 Å². The SMILES string of the molecule is Cc1nc([C@H]2CCCN(C(=O)CCc3ccccc3)C2)nc(C)c1CC(=O)NC1CCCC1. The molecule has 2 aliphatic rings. The molecule has 0 spiro atoms. The van der Waals surface area contributed by atoms with Crippen LogP contribution < -0.4 is 5.32 Å². The molecule has 1 atom stereocenters. The fourth-order valence-electron chi connectivity index (χ4n) is 5.18. The third-order valence-corrected chi connectivity index (χ3v) is 7.11. The fraction of sp³-hybridized carbons (Fsp3) is 0.556. The summed E-state index contributed by atoms with van der Waals surface area (Å²) < 4.78 is 0. The molecule has 1 aliphatic carbocycles. The van der Waals surface area contributed by atoms with Crippen LogP contribution in [0.4, 0.5) is 0 Å². The number of rotatable bonds is 7. The first-order valence-corrected chi connectivity index (χ1v) is 12.4. The number of nitrogens with one attached hydrogen (secondary N) is 1. The summed E-state index contributed by atoms with van der Waals surface area (Å²) >= 11 is 0. The Hall–Kier alpha value is -2.76. The van der Waals surface area contributed by atoms with Crippen molar-refractivity contribution in [3.8, 4) is 0 Å². The molecule has 1 saturated carbocycles. The van der Waals surface area contributed by atoms with Crippen LogP contribution >= 0.6 is 0 Å². The summed E-state index contributed by atoms with van der Waals surface area (Å²) in [4.78, 5) is 37.0. The quantitative estimate of drug-likeness (QED) is 0.694. The molecular weight excluding hydrogens is 412 g/mol. The minimum atomic E-state index is 0.0669. The molecule has 2 amide bonds. The van der Waals surface area contributed by atoms with Gasteiger partial charge in [-0.3, -0.25) is 9.59 Å². The highest BCUT2D eigenvalue weighted by atomic mass is 16.2. The van der Waals surface area contributed by atoms with Crippen LogP contribution in [0.5, 0.6) is 0 Å². The largest absolute Gasteiger partial charge is 0.353 e. The predicted molar refractivity (Wildman–Crippen MR) is 129 cm³/mol. The molecule has 1 aliphatic heterocycles. The van der Waals surface area contributed by atoms with Crippen LogP contribution in [0, 0.1) is 13.8 Å². The Kier molecular flexibility index (Phi) is 7.73. The Labute approximate surface area is 197 Å². The molecule has 33 heavy (non-hydrogen) atoms.